The van der Waals surface area contributed by atoms with Gasteiger partial charge in [0.25, 0.3) is 5.69 Å². The Labute approximate surface area is 129 Å². The van der Waals surface area contributed by atoms with Gasteiger partial charge in [0.2, 0.25) is 10.0 Å². The molecule has 2 N–H and O–H groups in total. The summed E-state index contributed by atoms with van der Waals surface area (Å²) in [7, 11) is -3.73. The van der Waals surface area contributed by atoms with Crippen LogP contribution in [0.15, 0.2) is 17.0 Å². The van der Waals surface area contributed by atoms with Crippen LogP contribution in [0.4, 0.5) is 5.69 Å². The van der Waals surface area contributed by atoms with Crippen molar-refractivity contribution in [3.63, 3.8) is 0 Å². The lowest BCUT2D eigenvalue weighted by atomic mass is 10.1. The van der Waals surface area contributed by atoms with E-state index in [1.165, 1.54) is 10.4 Å². The van der Waals surface area contributed by atoms with Crippen LogP contribution >= 0.6 is 12.4 Å². The molecule has 0 radical (unpaired) electrons. The van der Waals surface area contributed by atoms with Gasteiger partial charge in [-0.25, -0.2) is 8.42 Å². The number of halogens is 1. The van der Waals surface area contributed by atoms with Gasteiger partial charge in [0.15, 0.2) is 0 Å². The number of nitro groups is 1. The van der Waals surface area contributed by atoms with E-state index in [1.54, 1.807) is 13.8 Å². The molecule has 1 aliphatic rings. The van der Waals surface area contributed by atoms with E-state index >= 15 is 0 Å². The van der Waals surface area contributed by atoms with Crippen LogP contribution < -0.4 is 5.73 Å². The van der Waals surface area contributed by atoms with E-state index in [4.69, 9.17) is 5.73 Å². The maximum absolute atomic E-state index is 12.6. The third kappa shape index (κ3) is 3.34. The van der Waals surface area contributed by atoms with E-state index < -0.39 is 14.9 Å². The molecular formula is C12H18ClN3O4S. The van der Waals surface area contributed by atoms with Crippen LogP contribution in [0.3, 0.4) is 0 Å². The van der Waals surface area contributed by atoms with Crippen molar-refractivity contribution in [1.82, 2.24) is 4.31 Å². The first-order chi connectivity index (χ1) is 9.23. The van der Waals surface area contributed by atoms with Crippen LogP contribution in [0.1, 0.15) is 17.5 Å². The molecule has 1 fully saturated rings. The van der Waals surface area contributed by atoms with Crippen molar-refractivity contribution in [2.45, 2.75) is 31.2 Å². The predicted molar refractivity (Wildman–Crippen MR) is 81.2 cm³/mol. The molecular weight excluding hydrogens is 318 g/mol. The number of rotatable bonds is 3. The Hall–Kier alpha value is -1.22. The molecule has 1 heterocycles. The van der Waals surface area contributed by atoms with Gasteiger partial charge >= 0.3 is 0 Å². The van der Waals surface area contributed by atoms with Crippen molar-refractivity contribution in [2.75, 3.05) is 13.1 Å². The molecule has 0 aromatic heterocycles. The first-order valence-electron chi connectivity index (χ1n) is 6.25. The maximum atomic E-state index is 12.6. The number of hydrogen-bond acceptors (Lipinski definition) is 5. The summed E-state index contributed by atoms with van der Waals surface area (Å²) in [5.74, 6) is 0. The van der Waals surface area contributed by atoms with Gasteiger partial charge < -0.3 is 5.73 Å². The van der Waals surface area contributed by atoms with Crippen molar-refractivity contribution >= 4 is 28.1 Å². The summed E-state index contributed by atoms with van der Waals surface area (Å²) in [5, 5.41) is 10.9. The minimum atomic E-state index is -3.73. The summed E-state index contributed by atoms with van der Waals surface area (Å²) in [6.45, 7) is 3.92. The van der Waals surface area contributed by atoms with Gasteiger partial charge in [-0.15, -0.1) is 12.4 Å². The fraction of sp³-hybridized carbons (Fsp3) is 0.500. The second-order valence-electron chi connectivity index (χ2n) is 5.05. The molecule has 0 amide bonds. The lowest BCUT2D eigenvalue weighted by Gasteiger charge is -2.18. The highest BCUT2D eigenvalue weighted by molar-refractivity contribution is 7.89. The van der Waals surface area contributed by atoms with Gasteiger partial charge in [-0.05, 0) is 31.4 Å². The molecule has 1 atom stereocenters. The van der Waals surface area contributed by atoms with E-state index in [9.17, 15) is 18.5 Å². The number of nitrogens with two attached hydrogens (primary N) is 1. The average molecular weight is 336 g/mol. The van der Waals surface area contributed by atoms with Gasteiger partial charge in [-0.3, -0.25) is 10.1 Å². The SMILES string of the molecule is Cc1cc([N+](=O)[O-])cc(S(=O)(=O)N2CC[C@@H](N)C2)c1C.Cl. The van der Waals surface area contributed by atoms with Gasteiger partial charge in [0.05, 0.1) is 9.82 Å². The molecule has 0 saturated carbocycles. The fourth-order valence-corrected chi connectivity index (χ4v) is 4.12. The second-order valence-corrected chi connectivity index (χ2v) is 6.96. The van der Waals surface area contributed by atoms with Crippen LogP contribution in [-0.4, -0.2) is 36.8 Å². The molecule has 1 aromatic carbocycles. The Balaban J connectivity index is 0.00000220. The van der Waals surface area contributed by atoms with Crippen LogP contribution in [0, 0.1) is 24.0 Å². The summed E-state index contributed by atoms with van der Waals surface area (Å²) in [6.07, 6.45) is 0.603. The topological polar surface area (TPSA) is 107 Å². The van der Waals surface area contributed by atoms with Crippen molar-refractivity contribution < 1.29 is 13.3 Å². The highest BCUT2D eigenvalue weighted by Gasteiger charge is 2.33. The van der Waals surface area contributed by atoms with Crippen molar-refractivity contribution in [2.24, 2.45) is 5.73 Å². The molecule has 118 valence electrons. The molecule has 9 heteroatoms. The molecule has 0 bridgehead atoms. The zero-order valence-electron chi connectivity index (χ0n) is 11.8. The standard InChI is InChI=1S/C12H17N3O4S.ClH/c1-8-5-11(15(16)17)6-12(9(8)2)20(18,19)14-4-3-10(13)7-14;/h5-6,10H,3-4,7,13H2,1-2H3;1H/t10-;/m1./s1. The highest BCUT2D eigenvalue weighted by atomic mass is 35.5. The Bertz CT molecular complexity index is 663. The Morgan fingerprint density at radius 3 is 2.48 bits per heavy atom. The average Bonchev–Trinajstić information content (AvgIpc) is 2.79. The zero-order chi connectivity index (χ0) is 15.1. The molecule has 7 nitrogen and oxygen atoms in total. The summed E-state index contributed by atoms with van der Waals surface area (Å²) in [5.41, 5.74) is 6.64. The molecule has 1 aliphatic heterocycles. The lowest BCUT2D eigenvalue weighted by Crippen LogP contribution is -2.32. The van der Waals surface area contributed by atoms with Crippen molar-refractivity contribution in [3.8, 4) is 0 Å². The van der Waals surface area contributed by atoms with Crippen LogP contribution in [0.5, 0.6) is 0 Å². The molecule has 21 heavy (non-hydrogen) atoms. The fourth-order valence-electron chi connectivity index (χ4n) is 2.29. The van der Waals surface area contributed by atoms with E-state index in [0.717, 1.165) is 6.07 Å². The second kappa shape index (κ2) is 6.27. The number of benzene rings is 1. The van der Waals surface area contributed by atoms with E-state index in [2.05, 4.69) is 0 Å². The Morgan fingerprint density at radius 2 is 2.00 bits per heavy atom. The number of hydrogen-bond donors (Lipinski definition) is 1. The quantitative estimate of drug-likeness (QED) is 0.663. The van der Waals surface area contributed by atoms with Gasteiger partial charge in [-0.1, -0.05) is 0 Å². The maximum Gasteiger partial charge on any atom is 0.271 e. The number of nitrogens with zero attached hydrogens (tertiary/aromatic N) is 2. The summed E-state index contributed by atoms with van der Waals surface area (Å²) in [4.78, 5) is 10.3. The van der Waals surface area contributed by atoms with Gasteiger partial charge in [0, 0.05) is 31.3 Å². The van der Waals surface area contributed by atoms with E-state index in [1.807, 2.05) is 0 Å². The molecule has 0 aliphatic carbocycles. The molecule has 0 unspecified atom stereocenters. The third-order valence-corrected chi connectivity index (χ3v) is 5.61. The van der Waals surface area contributed by atoms with Crippen LogP contribution in [0.2, 0.25) is 0 Å². The predicted octanol–water partition coefficient (Wildman–Crippen LogP) is 1.36. The summed E-state index contributed by atoms with van der Waals surface area (Å²) in [6, 6.07) is 2.33. The van der Waals surface area contributed by atoms with E-state index in [0.29, 0.717) is 24.1 Å². The smallest absolute Gasteiger partial charge is 0.271 e. The number of nitro benzene ring substituents is 1. The molecule has 1 aromatic rings. The van der Waals surface area contributed by atoms with Crippen LogP contribution in [0.25, 0.3) is 0 Å². The summed E-state index contributed by atoms with van der Waals surface area (Å²) < 4.78 is 26.4. The first kappa shape index (κ1) is 17.8. The molecule has 1 saturated heterocycles. The largest absolute Gasteiger partial charge is 0.326 e. The third-order valence-electron chi connectivity index (χ3n) is 3.62. The Morgan fingerprint density at radius 1 is 1.38 bits per heavy atom. The van der Waals surface area contributed by atoms with Gasteiger partial charge in [-0.2, -0.15) is 4.31 Å². The van der Waals surface area contributed by atoms with Gasteiger partial charge in [0.1, 0.15) is 0 Å². The minimum Gasteiger partial charge on any atom is -0.326 e. The van der Waals surface area contributed by atoms with Crippen molar-refractivity contribution in [1.29, 1.82) is 0 Å². The highest BCUT2D eigenvalue weighted by Crippen LogP contribution is 2.29. The zero-order valence-corrected chi connectivity index (χ0v) is 13.4. The number of sulfonamides is 1. The number of non-ortho nitro benzene ring substituents is 1. The van der Waals surface area contributed by atoms with Crippen LogP contribution in [-0.2, 0) is 10.0 Å². The molecule has 0 spiro atoms. The Kier molecular flexibility index (Phi) is 5.32. The minimum absolute atomic E-state index is 0. The van der Waals surface area contributed by atoms with E-state index in [-0.39, 0.29) is 35.6 Å². The monoisotopic (exact) mass is 335 g/mol. The number of aryl methyl sites for hydroxylation is 1. The van der Waals surface area contributed by atoms with Crippen molar-refractivity contribution in [3.05, 3.63) is 33.4 Å². The first-order valence-corrected chi connectivity index (χ1v) is 7.69. The normalized spacial score (nSPS) is 19.3. The lowest BCUT2D eigenvalue weighted by molar-refractivity contribution is -0.385. The summed E-state index contributed by atoms with van der Waals surface area (Å²) >= 11 is 0. The molecule has 2 rings (SSSR count).